The normalized spacial score (nSPS) is 23.0. The van der Waals surface area contributed by atoms with Crippen LogP contribution in [0.15, 0.2) is 48.8 Å². The predicted molar refractivity (Wildman–Crippen MR) is 185 cm³/mol. The molecule has 1 aliphatic heterocycles. The number of halogens is 1. The van der Waals surface area contributed by atoms with Gasteiger partial charge in [0.15, 0.2) is 23.2 Å². The van der Waals surface area contributed by atoms with E-state index in [0.717, 1.165) is 10.8 Å². The van der Waals surface area contributed by atoms with Crippen molar-refractivity contribution in [2.24, 2.45) is 5.41 Å². The number of carbonyl (C=O) groups excluding carboxylic acids is 1. The molecule has 1 fully saturated rings. The summed E-state index contributed by atoms with van der Waals surface area (Å²) in [5, 5.41) is 15.9. The number of hydrogen-bond acceptors (Lipinski definition) is 11. The van der Waals surface area contributed by atoms with Gasteiger partial charge in [0.2, 0.25) is 5.67 Å². The number of terminal acetylenes is 1. The van der Waals surface area contributed by atoms with Gasteiger partial charge in [0.05, 0.1) is 19.5 Å². The first-order chi connectivity index (χ1) is 22.5. The number of nitrogens with one attached hydrogen (secondary N) is 1. The predicted octanol–water partition coefficient (Wildman–Crippen LogP) is 4.84. The summed E-state index contributed by atoms with van der Waals surface area (Å²) in [5.41, 5.74) is -2.28. The molecule has 0 radical (unpaired) electrons. The van der Waals surface area contributed by atoms with E-state index in [2.05, 4.69) is 26.0 Å². The van der Waals surface area contributed by atoms with Crippen molar-refractivity contribution in [3.63, 3.8) is 0 Å². The van der Waals surface area contributed by atoms with Crippen LogP contribution >= 0.6 is 6.64 Å². The summed E-state index contributed by atoms with van der Waals surface area (Å²) < 4.78 is 42.0. The van der Waals surface area contributed by atoms with Crippen LogP contribution in [0.4, 0.5) is 10.2 Å². The van der Waals surface area contributed by atoms with E-state index >= 15 is 4.39 Å². The number of rotatable bonds is 11. The fourth-order valence-corrected chi connectivity index (χ4v) is 7.59. The lowest BCUT2D eigenvalue weighted by Gasteiger charge is -2.28. The average Bonchev–Trinajstić information content (AvgIpc) is 3.55. The first kappa shape index (κ1) is 35.6. The van der Waals surface area contributed by atoms with Crippen LogP contribution in [0.3, 0.4) is 0 Å². The van der Waals surface area contributed by atoms with Gasteiger partial charge in [0.25, 0.3) is 0 Å². The van der Waals surface area contributed by atoms with Crippen LogP contribution in [0.2, 0.25) is 0 Å². The summed E-state index contributed by atoms with van der Waals surface area (Å²) in [6, 6.07) is 12.1. The van der Waals surface area contributed by atoms with E-state index in [1.54, 1.807) is 45.0 Å². The van der Waals surface area contributed by atoms with Crippen molar-refractivity contribution in [3.8, 4) is 18.1 Å². The Balaban J connectivity index is 1.43. The molecule has 6 atom stereocenters. The van der Waals surface area contributed by atoms with Gasteiger partial charge in [-0.15, -0.1) is 6.42 Å². The fraction of sp³-hybridized carbons (Fsp3) is 0.455. The third-order valence-electron chi connectivity index (χ3n) is 7.59. The standard InChI is InChI=1S/C33H40FN6O6PS/c1-9-33(34)27(41)25(45-31(33)40-19-35-26-28(39(7)8)36-21(3)37-29(26)40)17-44-47(48,38-20(2)30(42)43-18-32(4,5)6)46-24-16-12-14-22-13-10-11-15-23(22)24/h1,10-16,19-20,25,27,31,41H,17-18H2,2-8H3,(H,38,48)/t20-,25+,27+,31+,33+,47-/m0/s1. The van der Waals surface area contributed by atoms with Gasteiger partial charge in [-0.25, -0.2) is 24.4 Å². The summed E-state index contributed by atoms with van der Waals surface area (Å²) in [7, 11) is 3.60. The molecule has 0 aliphatic carbocycles. The maximum absolute atomic E-state index is 16.5. The number of ether oxygens (including phenoxy) is 2. The number of hydrogen-bond donors (Lipinski definition) is 2. The van der Waals surface area contributed by atoms with Crippen LogP contribution in [0.5, 0.6) is 5.75 Å². The second-order valence-corrected chi connectivity index (χ2v) is 16.2. The van der Waals surface area contributed by atoms with Crippen molar-refractivity contribution in [3.05, 3.63) is 54.6 Å². The fourth-order valence-electron chi connectivity index (χ4n) is 5.17. The number of fused-ring (bicyclic) bond motifs is 2. The van der Waals surface area contributed by atoms with Crippen molar-refractivity contribution in [2.45, 2.75) is 64.8 Å². The third-order valence-corrected chi connectivity index (χ3v) is 10.1. The van der Waals surface area contributed by atoms with E-state index in [4.69, 9.17) is 36.8 Å². The first-order valence-corrected chi connectivity index (χ1v) is 17.9. The highest BCUT2D eigenvalue weighted by Gasteiger charge is 2.58. The SMILES string of the molecule is C#C[C@@]1(F)[C@H](O)[C@@H](CO[P@@](=S)(N[C@@H](C)C(=O)OCC(C)(C)C)Oc2cccc3ccccc23)O[C@H]1n1cnc2c(N(C)C)nc(C)nc21. The molecule has 2 N–H and O–H groups in total. The first-order valence-electron chi connectivity index (χ1n) is 15.3. The van der Waals surface area contributed by atoms with Crippen LogP contribution in [-0.2, 0) is 30.6 Å². The lowest BCUT2D eigenvalue weighted by molar-refractivity contribution is -0.148. The Bertz CT molecular complexity index is 1910. The largest absolute Gasteiger partial charge is 0.464 e. The monoisotopic (exact) mass is 698 g/mol. The second-order valence-electron chi connectivity index (χ2n) is 13.1. The van der Waals surface area contributed by atoms with E-state index < -0.39 is 49.4 Å². The summed E-state index contributed by atoms with van der Waals surface area (Å²) in [5.74, 6) is 2.87. The zero-order valence-corrected chi connectivity index (χ0v) is 29.6. The van der Waals surface area contributed by atoms with Gasteiger partial charge in [-0.3, -0.25) is 9.36 Å². The Morgan fingerprint density at radius 1 is 1.27 bits per heavy atom. The Morgan fingerprint density at radius 2 is 1.98 bits per heavy atom. The number of aliphatic hydroxyl groups is 1. The zero-order chi connectivity index (χ0) is 35.0. The van der Waals surface area contributed by atoms with Crippen molar-refractivity contribution < 1.29 is 32.8 Å². The molecular formula is C33H40FN6O6PS. The molecule has 12 nitrogen and oxygen atoms in total. The number of imidazole rings is 1. The molecular weight excluding hydrogens is 658 g/mol. The molecule has 3 heterocycles. The second kappa shape index (κ2) is 13.7. The highest BCUT2D eigenvalue weighted by molar-refractivity contribution is 8.09. The molecule has 0 spiro atoms. The highest BCUT2D eigenvalue weighted by atomic mass is 32.5. The summed E-state index contributed by atoms with van der Waals surface area (Å²) in [4.78, 5) is 28.0. The summed E-state index contributed by atoms with van der Waals surface area (Å²) >= 11 is 5.92. The molecule has 5 rings (SSSR count). The van der Waals surface area contributed by atoms with E-state index in [0.29, 0.717) is 22.9 Å². The zero-order valence-electron chi connectivity index (χ0n) is 27.9. The van der Waals surface area contributed by atoms with Crippen LogP contribution in [0.1, 0.15) is 39.7 Å². The van der Waals surface area contributed by atoms with Crippen LogP contribution in [0, 0.1) is 24.7 Å². The van der Waals surface area contributed by atoms with Gasteiger partial charge < -0.3 is 28.5 Å². The quantitative estimate of drug-likeness (QED) is 0.126. The van der Waals surface area contributed by atoms with E-state index in [9.17, 15) is 9.90 Å². The Labute approximate surface area is 284 Å². The smallest absolute Gasteiger partial charge is 0.323 e. The third kappa shape index (κ3) is 7.32. The molecule has 0 bridgehead atoms. The minimum absolute atomic E-state index is 0.184. The van der Waals surface area contributed by atoms with E-state index in [1.807, 2.05) is 51.1 Å². The Hall–Kier alpha value is -3.70. The Kier molecular flexibility index (Phi) is 10.1. The molecule has 2 aromatic heterocycles. The number of benzene rings is 2. The van der Waals surface area contributed by atoms with Crippen molar-refractivity contribution >= 4 is 52.2 Å². The molecule has 4 aromatic rings. The molecule has 0 unspecified atom stereocenters. The number of alkyl halides is 1. The van der Waals surface area contributed by atoms with Crippen LogP contribution in [-0.4, -0.2) is 81.8 Å². The van der Waals surface area contributed by atoms with Crippen molar-refractivity contribution in [1.29, 1.82) is 0 Å². The van der Waals surface area contributed by atoms with Crippen molar-refractivity contribution in [2.75, 3.05) is 32.2 Å². The maximum atomic E-state index is 16.5. The number of nitrogens with zero attached hydrogens (tertiary/aromatic N) is 5. The molecule has 2 aromatic carbocycles. The number of carbonyl (C=O) groups is 1. The van der Waals surface area contributed by atoms with E-state index in [-0.39, 0.29) is 17.7 Å². The van der Waals surface area contributed by atoms with Crippen LogP contribution in [0.25, 0.3) is 21.9 Å². The summed E-state index contributed by atoms with van der Waals surface area (Å²) in [6.45, 7) is 5.24. The molecule has 256 valence electrons. The molecule has 15 heteroatoms. The minimum atomic E-state index is -3.62. The molecule has 1 saturated heterocycles. The van der Waals surface area contributed by atoms with Gasteiger partial charge >= 0.3 is 12.6 Å². The number of aryl methyl sites for hydroxylation is 1. The number of anilines is 1. The average molecular weight is 699 g/mol. The summed E-state index contributed by atoms with van der Waals surface area (Å²) in [6.07, 6.45) is 2.38. The van der Waals surface area contributed by atoms with Gasteiger partial charge in [0.1, 0.15) is 29.8 Å². The van der Waals surface area contributed by atoms with E-state index in [1.165, 1.54) is 10.9 Å². The molecule has 1 aliphatic rings. The van der Waals surface area contributed by atoms with Gasteiger partial charge in [-0.05, 0) is 42.5 Å². The minimum Gasteiger partial charge on any atom is -0.464 e. The molecule has 0 amide bonds. The Morgan fingerprint density at radius 3 is 2.67 bits per heavy atom. The number of aromatic nitrogens is 4. The topological polar surface area (TPSA) is 133 Å². The van der Waals surface area contributed by atoms with Gasteiger partial charge in [-0.2, -0.15) is 0 Å². The molecule has 48 heavy (non-hydrogen) atoms. The van der Waals surface area contributed by atoms with Crippen LogP contribution < -0.4 is 14.5 Å². The van der Waals surface area contributed by atoms with Crippen molar-refractivity contribution in [1.82, 2.24) is 24.6 Å². The lowest BCUT2D eigenvalue weighted by Crippen LogP contribution is -2.42. The number of aliphatic hydroxyl groups excluding tert-OH is 1. The van der Waals surface area contributed by atoms with Gasteiger partial charge in [0, 0.05) is 19.5 Å². The highest BCUT2D eigenvalue weighted by Crippen LogP contribution is 2.49. The number of esters is 1. The molecule has 0 saturated carbocycles. The van der Waals surface area contributed by atoms with Gasteiger partial charge in [-0.1, -0.05) is 63.1 Å². The maximum Gasteiger partial charge on any atom is 0.323 e. The lowest BCUT2D eigenvalue weighted by atomic mass is 9.97.